The van der Waals surface area contributed by atoms with E-state index in [0.29, 0.717) is 17.5 Å². The predicted molar refractivity (Wildman–Crippen MR) is 91.3 cm³/mol. The maximum Gasteiger partial charge on any atom is 0.223 e. The number of nitrogens with one attached hydrogen (secondary N) is 1. The Kier molecular flexibility index (Phi) is 3.94. The number of aromatic nitrogens is 3. The van der Waals surface area contributed by atoms with Gasteiger partial charge in [-0.1, -0.05) is 13.8 Å². The molecule has 0 amide bonds. The van der Waals surface area contributed by atoms with Crippen molar-refractivity contribution in [2.75, 3.05) is 14.2 Å². The number of hydrogen-bond donors (Lipinski definition) is 1. The van der Waals surface area contributed by atoms with Gasteiger partial charge in [-0.05, 0) is 30.5 Å². The van der Waals surface area contributed by atoms with Gasteiger partial charge >= 0.3 is 0 Å². The first kappa shape index (κ1) is 15.3. The highest BCUT2D eigenvalue weighted by Gasteiger charge is 2.18. The van der Waals surface area contributed by atoms with Crippen molar-refractivity contribution in [1.82, 2.24) is 15.0 Å². The molecule has 3 rings (SSSR count). The van der Waals surface area contributed by atoms with Gasteiger partial charge in [0.2, 0.25) is 5.88 Å². The first-order valence-corrected chi connectivity index (χ1v) is 7.63. The minimum atomic E-state index is 0.335. The molecular weight excluding hydrogens is 290 g/mol. The zero-order valence-corrected chi connectivity index (χ0v) is 14.1. The van der Waals surface area contributed by atoms with Gasteiger partial charge in [-0.2, -0.15) is 0 Å². The minimum absolute atomic E-state index is 0.335. The second-order valence-corrected chi connectivity index (χ2v) is 5.85. The summed E-state index contributed by atoms with van der Waals surface area (Å²) in [4.78, 5) is 12.6. The van der Waals surface area contributed by atoms with Crippen LogP contribution in [0.15, 0.2) is 24.4 Å². The predicted octanol–water partition coefficient (Wildman–Crippen LogP) is 4.07. The monoisotopic (exact) mass is 311 g/mol. The molecule has 3 heterocycles. The summed E-state index contributed by atoms with van der Waals surface area (Å²) in [7, 11) is 3.27. The van der Waals surface area contributed by atoms with E-state index in [-0.39, 0.29) is 0 Å². The van der Waals surface area contributed by atoms with Crippen molar-refractivity contribution in [2.24, 2.45) is 0 Å². The maximum atomic E-state index is 5.53. The Bertz CT molecular complexity index is 853. The van der Waals surface area contributed by atoms with Crippen molar-refractivity contribution < 1.29 is 9.47 Å². The van der Waals surface area contributed by atoms with Gasteiger partial charge in [-0.25, -0.2) is 9.97 Å². The number of nitrogens with zero attached hydrogens (tertiary/aromatic N) is 2. The molecule has 0 unspecified atom stereocenters. The van der Waals surface area contributed by atoms with E-state index in [1.807, 2.05) is 31.3 Å². The average molecular weight is 311 g/mol. The molecule has 0 fully saturated rings. The number of fused-ring (bicyclic) bond motifs is 1. The number of rotatable bonds is 4. The summed E-state index contributed by atoms with van der Waals surface area (Å²) < 4.78 is 11.0. The third-order valence-corrected chi connectivity index (χ3v) is 3.95. The Morgan fingerprint density at radius 1 is 1.09 bits per heavy atom. The molecule has 3 aromatic rings. The fourth-order valence-electron chi connectivity index (χ4n) is 2.62. The molecule has 0 spiro atoms. The fraction of sp³-hybridized carbons (Fsp3) is 0.333. The van der Waals surface area contributed by atoms with Crippen molar-refractivity contribution >= 4 is 11.0 Å². The van der Waals surface area contributed by atoms with E-state index < -0.39 is 0 Å². The van der Waals surface area contributed by atoms with E-state index >= 15 is 0 Å². The summed E-state index contributed by atoms with van der Waals surface area (Å²) in [5, 5.41) is 0. The second-order valence-electron chi connectivity index (χ2n) is 5.85. The van der Waals surface area contributed by atoms with Gasteiger partial charge in [-0.15, -0.1) is 0 Å². The van der Waals surface area contributed by atoms with Gasteiger partial charge in [0, 0.05) is 18.0 Å². The molecular formula is C18H21N3O2. The van der Waals surface area contributed by atoms with Crippen LogP contribution >= 0.6 is 0 Å². The second kappa shape index (κ2) is 5.91. The lowest BCUT2D eigenvalue weighted by molar-refractivity contribution is 0.395. The SMILES string of the molecule is COc1cc2[nH]cc(C)c2nc1-c1ccc(C(C)C)nc1OC. The van der Waals surface area contributed by atoms with Crippen LogP contribution in [0.4, 0.5) is 0 Å². The summed E-state index contributed by atoms with van der Waals surface area (Å²) in [6.45, 7) is 6.24. The molecule has 0 aromatic carbocycles. The number of ether oxygens (including phenoxy) is 2. The highest BCUT2D eigenvalue weighted by molar-refractivity contribution is 5.85. The molecule has 0 aliphatic carbocycles. The van der Waals surface area contributed by atoms with Crippen molar-refractivity contribution in [3.63, 3.8) is 0 Å². The molecule has 0 aliphatic rings. The van der Waals surface area contributed by atoms with E-state index in [1.54, 1.807) is 14.2 Å². The molecule has 0 saturated carbocycles. The van der Waals surface area contributed by atoms with E-state index in [9.17, 15) is 0 Å². The summed E-state index contributed by atoms with van der Waals surface area (Å²) in [6, 6.07) is 5.97. The van der Waals surface area contributed by atoms with Crippen LogP contribution in [0, 0.1) is 6.92 Å². The van der Waals surface area contributed by atoms with Crippen molar-refractivity contribution in [3.8, 4) is 22.9 Å². The Labute approximate surface area is 135 Å². The Balaban J connectivity index is 2.24. The maximum absolute atomic E-state index is 5.53. The summed E-state index contributed by atoms with van der Waals surface area (Å²) >= 11 is 0. The van der Waals surface area contributed by atoms with Crippen molar-refractivity contribution in [1.29, 1.82) is 0 Å². The Hall–Kier alpha value is -2.56. The largest absolute Gasteiger partial charge is 0.494 e. The number of hydrogen-bond acceptors (Lipinski definition) is 4. The van der Waals surface area contributed by atoms with Crippen LogP contribution in [0.5, 0.6) is 11.6 Å². The Morgan fingerprint density at radius 2 is 1.87 bits per heavy atom. The summed E-state index contributed by atoms with van der Waals surface area (Å²) in [6.07, 6.45) is 1.94. The van der Waals surface area contributed by atoms with E-state index in [0.717, 1.165) is 33.5 Å². The number of pyridine rings is 2. The topological polar surface area (TPSA) is 60.0 Å². The lowest BCUT2D eigenvalue weighted by Crippen LogP contribution is -2.00. The average Bonchev–Trinajstić information content (AvgIpc) is 2.93. The highest BCUT2D eigenvalue weighted by Crippen LogP contribution is 2.36. The van der Waals surface area contributed by atoms with Crippen LogP contribution in [-0.2, 0) is 0 Å². The lowest BCUT2D eigenvalue weighted by Gasteiger charge is -2.13. The van der Waals surface area contributed by atoms with Crippen LogP contribution in [0.1, 0.15) is 31.0 Å². The van der Waals surface area contributed by atoms with Gasteiger partial charge in [0.05, 0.1) is 30.8 Å². The number of methoxy groups -OCH3 is 2. The molecule has 1 N–H and O–H groups in total. The lowest BCUT2D eigenvalue weighted by atomic mass is 10.1. The van der Waals surface area contributed by atoms with Crippen LogP contribution in [0.2, 0.25) is 0 Å². The van der Waals surface area contributed by atoms with Crippen molar-refractivity contribution in [2.45, 2.75) is 26.7 Å². The summed E-state index contributed by atoms with van der Waals surface area (Å²) in [5.41, 5.74) is 5.53. The first-order valence-electron chi connectivity index (χ1n) is 7.63. The van der Waals surface area contributed by atoms with Gasteiger partial charge in [0.25, 0.3) is 0 Å². The van der Waals surface area contributed by atoms with Crippen LogP contribution < -0.4 is 9.47 Å². The molecule has 5 nitrogen and oxygen atoms in total. The number of aromatic amines is 1. The number of aryl methyl sites for hydroxylation is 1. The van der Waals surface area contributed by atoms with Gasteiger partial charge in [0.15, 0.2) is 0 Å². The van der Waals surface area contributed by atoms with Crippen LogP contribution in [-0.4, -0.2) is 29.2 Å². The standard InChI is InChI=1S/C18H21N3O2/c1-10(2)13-7-6-12(18(20-13)23-5)17-15(22-4)8-14-16(21-17)11(3)9-19-14/h6-10,19H,1-5H3. The fourth-order valence-corrected chi connectivity index (χ4v) is 2.62. The van der Waals surface area contributed by atoms with Crippen LogP contribution in [0.3, 0.4) is 0 Å². The van der Waals surface area contributed by atoms with E-state index in [1.165, 1.54) is 0 Å². The molecule has 0 bridgehead atoms. The zero-order chi connectivity index (χ0) is 16.6. The molecule has 3 aromatic heterocycles. The van der Waals surface area contributed by atoms with E-state index in [2.05, 4.69) is 23.8 Å². The highest BCUT2D eigenvalue weighted by atomic mass is 16.5. The third kappa shape index (κ3) is 2.63. The molecule has 23 heavy (non-hydrogen) atoms. The van der Waals surface area contributed by atoms with Gasteiger partial charge in [-0.3, -0.25) is 0 Å². The normalized spacial score (nSPS) is 11.2. The molecule has 0 radical (unpaired) electrons. The minimum Gasteiger partial charge on any atom is -0.494 e. The number of H-pyrrole nitrogens is 1. The zero-order valence-electron chi connectivity index (χ0n) is 14.1. The summed E-state index contributed by atoms with van der Waals surface area (Å²) in [5.74, 6) is 1.59. The molecule has 0 aliphatic heterocycles. The van der Waals surface area contributed by atoms with Crippen LogP contribution in [0.25, 0.3) is 22.3 Å². The third-order valence-electron chi connectivity index (χ3n) is 3.95. The Morgan fingerprint density at radius 3 is 2.52 bits per heavy atom. The van der Waals surface area contributed by atoms with Gasteiger partial charge in [0.1, 0.15) is 11.4 Å². The molecule has 0 atom stereocenters. The van der Waals surface area contributed by atoms with Gasteiger partial charge < -0.3 is 14.5 Å². The molecule has 0 saturated heterocycles. The smallest absolute Gasteiger partial charge is 0.223 e. The molecule has 120 valence electrons. The molecule has 5 heteroatoms. The quantitative estimate of drug-likeness (QED) is 0.789. The first-order chi connectivity index (χ1) is 11.0. The van der Waals surface area contributed by atoms with E-state index in [4.69, 9.17) is 14.5 Å². The van der Waals surface area contributed by atoms with Crippen molar-refractivity contribution in [3.05, 3.63) is 35.7 Å².